The summed E-state index contributed by atoms with van der Waals surface area (Å²) in [4.78, 5) is 6.69. The Morgan fingerprint density at radius 1 is 1.30 bits per heavy atom. The SMILES string of the molecule is CN=C(NCCOc1ccc2c(c1)OCO2)N1CCC(C)CC1. The van der Waals surface area contributed by atoms with Gasteiger partial charge in [-0.25, -0.2) is 0 Å². The van der Waals surface area contributed by atoms with Crippen LogP contribution in [0.4, 0.5) is 0 Å². The van der Waals surface area contributed by atoms with Gasteiger partial charge in [0.1, 0.15) is 12.4 Å². The van der Waals surface area contributed by atoms with Gasteiger partial charge in [0.15, 0.2) is 17.5 Å². The highest BCUT2D eigenvalue weighted by Crippen LogP contribution is 2.34. The summed E-state index contributed by atoms with van der Waals surface area (Å²) in [7, 11) is 1.83. The van der Waals surface area contributed by atoms with Crippen molar-refractivity contribution in [2.75, 3.05) is 40.1 Å². The Hall–Kier alpha value is -2.11. The molecule has 126 valence electrons. The maximum atomic E-state index is 5.76. The van der Waals surface area contributed by atoms with Crippen LogP contribution in [0.3, 0.4) is 0 Å². The Labute approximate surface area is 137 Å². The molecule has 0 aromatic heterocycles. The van der Waals surface area contributed by atoms with Gasteiger partial charge in [-0.1, -0.05) is 6.92 Å². The number of aliphatic imine (C=N–C) groups is 1. The van der Waals surface area contributed by atoms with Crippen molar-refractivity contribution in [3.63, 3.8) is 0 Å². The molecular formula is C17H25N3O3. The van der Waals surface area contributed by atoms with Crippen LogP contribution < -0.4 is 19.5 Å². The number of ether oxygens (including phenoxy) is 3. The molecule has 6 heteroatoms. The van der Waals surface area contributed by atoms with Gasteiger partial charge in [-0.15, -0.1) is 0 Å². The van der Waals surface area contributed by atoms with Crippen LogP contribution in [-0.4, -0.2) is 50.9 Å². The van der Waals surface area contributed by atoms with Crippen molar-refractivity contribution >= 4 is 5.96 Å². The largest absolute Gasteiger partial charge is 0.492 e. The molecule has 0 amide bonds. The lowest BCUT2D eigenvalue weighted by Gasteiger charge is -2.32. The number of piperidine rings is 1. The summed E-state index contributed by atoms with van der Waals surface area (Å²) in [5, 5.41) is 3.37. The normalized spacial score (nSPS) is 18.2. The summed E-state index contributed by atoms with van der Waals surface area (Å²) in [5.41, 5.74) is 0. The Balaban J connectivity index is 1.42. The molecule has 0 bridgehead atoms. The van der Waals surface area contributed by atoms with Crippen molar-refractivity contribution in [3.8, 4) is 17.2 Å². The molecule has 1 aromatic rings. The number of nitrogens with zero attached hydrogens (tertiary/aromatic N) is 2. The molecule has 3 rings (SSSR count). The third-order valence-electron chi connectivity index (χ3n) is 4.29. The average molecular weight is 319 g/mol. The molecule has 1 fully saturated rings. The Morgan fingerprint density at radius 2 is 2.09 bits per heavy atom. The minimum Gasteiger partial charge on any atom is -0.492 e. The topological polar surface area (TPSA) is 55.3 Å². The first-order chi connectivity index (χ1) is 11.3. The molecule has 0 atom stereocenters. The predicted octanol–water partition coefficient (Wildman–Crippen LogP) is 2.10. The first-order valence-electron chi connectivity index (χ1n) is 8.24. The summed E-state index contributed by atoms with van der Waals surface area (Å²) in [6.07, 6.45) is 2.46. The lowest BCUT2D eigenvalue weighted by atomic mass is 10.00. The number of guanidine groups is 1. The molecule has 2 heterocycles. The molecule has 0 aliphatic carbocycles. The lowest BCUT2D eigenvalue weighted by Crippen LogP contribution is -2.46. The minimum atomic E-state index is 0.283. The molecule has 2 aliphatic heterocycles. The number of nitrogens with one attached hydrogen (secondary N) is 1. The number of benzene rings is 1. The highest BCUT2D eigenvalue weighted by molar-refractivity contribution is 5.79. The Bertz CT molecular complexity index is 554. The molecule has 1 N–H and O–H groups in total. The van der Waals surface area contributed by atoms with Crippen molar-refractivity contribution < 1.29 is 14.2 Å². The van der Waals surface area contributed by atoms with Crippen LogP contribution in [-0.2, 0) is 0 Å². The summed E-state index contributed by atoms with van der Waals surface area (Å²) < 4.78 is 16.4. The number of likely N-dealkylation sites (tertiary alicyclic amines) is 1. The number of fused-ring (bicyclic) bond motifs is 1. The molecular weight excluding hydrogens is 294 g/mol. The third-order valence-corrected chi connectivity index (χ3v) is 4.29. The van der Waals surface area contributed by atoms with E-state index in [2.05, 4.69) is 22.1 Å². The second-order valence-electron chi connectivity index (χ2n) is 6.01. The minimum absolute atomic E-state index is 0.283. The Morgan fingerprint density at radius 3 is 2.87 bits per heavy atom. The van der Waals surface area contributed by atoms with E-state index in [0.29, 0.717) is 13.2 Å². The number of hydrogen-bond acceptors (Lipinski definition) is 4. The maximum absolute atomic E-state index is 5.76. The summed E-state index contributed by atoms with van der Waals surface area (Å²) in [5.74, 6) is 4.09. The van der Waals surface area contributed by atoms with E-state index >= 15 is 0 Å². The first kappa shape index (κ1) is 15.8. The monoisotopic (exact) mass is 319 g/mol. The van der Waals surface area contributed by atoms with Gasteiger partial charge in [-0.05, 0) is 30.9 Å². The van der Waals surface area contributed by atoms with Crippen LogP contribution in [0.2, 0.25) is 0 Å². The van der Waals surface area contributed by atoms with Gasteiger partial charge >= 0.3 is 0 Å². The molecule has 0 saturated carbocycles. The molecule has 0 spiro atoms. The van der Waals surface area contributed by atoms with E-state index in [-0.39, 0.29) is 6.79 Å². The van der Waals surface area contributed by atoms with Crippen molar-refractivity contribution in [1.29, 1.82) is 0 Å². The fourth-order valence-electron chi connectivity index (χ4n) is 2.85. The molecule has 0 unspecified atom stereocenters. The van der Waals surface area contributed by atoms with E-state index in [9.17, 15) is 0 Å². The fourth-order valence-corrected chi connectivity index (χ4v) is 2.85. The van der Waals surface area contributed by atoms with Gasteiger partial charge in [0.25, 0.3) is 0 Å². The zero-order valence-corrected chi connectivity index (χ0v) is 13.9. The van der Waals surface area contributed by atoms with Gasteiger partial charge in [-0.2, -0.15) is 0 Å². The van der Waals surface area contributed by atoms with Crippen molar-refractivity contribution in [3.05, 3.63) is 18.2 Å². The van der Waals surface area contributed by atoms with Crippen LogP contribution in [0.15, 0.2) is 23.2 Å². The van der Waals surface area contributed by atoms with Gasteiger partial charge in [0, 0.05) is 26.2 Å². The quantitative estimate of drug-likeness (QED) is 0.523. The van der Waals surface area contributed by atoms with Crippen LogP contribution in [0, 0.1) is 5.92 Å². The molecule has 1 saturated heterocycles. The van der Waals surface area contributed by atoms with Gasteiger partial charge in [0.2, 0.25) is 6.79 Å². The molecule has 23 heavy (non-hydrogen) atoms. The summed E-state index contributed by atoms with van der Waals surface area (Å²) >= 11 is 0. The van der Waals surface area contributed by atoms with Crippen molar-refractivity contribution in [2.45, 2.75) is 19.8 Å². The van der Waals surface area contributed by atoms with Crippen LogP contribution in [0.25, 0.3) is 0 Å². The van der Waals surface area contributed by atoms with E-state index in [1.807, 2.05) is 25.2 Å². The molecule has 6 nitrogen and oxygen atoms in total. The maximum Gasteiger partial charge on any atom is 0.231 e. The standard InChI is InChI=1S/C17H25N3O3/c1-13-5-8-20(9-6-13)17(18-2)19-7-10-21-14-3-4-15-16(11-14)23-12-22-15/h3-4,11,13H,5-10,12H2,1-2H3,(H,18,19). The van der Waals surface area contributed by atoms with E-state index in [0.717, 1.165) is 42.2 Å². The van der Waals surface area contributed by atoms with E-state index in [1.165, 1.54) is 12.8 Å². The van der Waals surface area contributed by atoms with Crippen LogP contribution in [0.1, 0.15) is 19.8 Å². The highest BCUT2D eigenvalue weighted by atomic mass is 16.7. The zero-order valence-electron chi connectivity index (χ0n) is 13.9. The summed E-state index contributed by atoms with van der Waals surface area (Å²) in [6, 6.07) is 5.64. The van der Waals surface area contributed by atoms with E-state index in [1.54, 1.807) is 0 Å². The van der Waals surface area contributed by atoms with Crippen molar-refractivity contribution in [1.82, 2.24) is 10.2 Å². The van der Waals surface area contributed by atoms with Gasteiger partial charge in [-0.3, -0.25) is 4.99 Å². The predicted molar refractivity (Wildman–Crippen MR) is 89.4 cm³/mol. The molecule has 1 aromatic carbocycles. The number of hydrogen-bond donors (Lipinski definition) is 1. The number of rotatable bonds is 4. The average Bonchev–Trinajstić information content (AvgIpc) is 3.04. The van der Waals surface area contributed by atoms with Gasteiger partial charge in [0.05, 0.1) is 6.54 Å². The third kappa shape index (κ3) is 4.00. The van der Waals surface area contributed by atoms with Crippen molar-refractivity contribution in [2.24, 2.45) is 10.9 Å². The fraction of sp³-hybridized carbons (Fsp3) is 0.588. The van der Waals surface area contributed by atoms with Crippen LogP contribution in [0.5, 0.6) is 17.2 Å². The molecule has 2 aliphatic rings. The zero-order chi connectivity index (χ0) is 16.1. The second kappa shape index (κ2) is 7.44. The molecule has 0 radical (unpaired) electrons. The Kier molecular flexibility index (Phi) is 5.10. The van der Waals surface area contributed by atoms with E-state index in [4.69, 9.17) is 14.2 Å². The summed E-state index contributed by atoms with van der Waals surface area (Å²) in [6.45, 7) is 6.03. The lowest BCUT2D eigenvalue weighted by molar-refractivity contribution is 0.173. The second-order valence-corrected chi connectivity index (χ2v) is 6.01. The first-order valence-corrected chi connectivity index (χ1v) is 8.24. The van der Waals surface area contributed by atoms with E-state index < -0.39 is 0 Å². The highest BCUT2D eigenvalue weighted by Gasteiger charge is 2.18. The smallest absolute Gasteiger partial charge is 0.231 e. The van der Waals surface area contributed by atoms with Crippen LogP contribution >= 0.6 is 0 Å². The van der Waals surface area contributed by atoms with Gasteiger partial charge < -0.3 is 24.4 Å².